The molecular weight excluding hydrogens is 234 g/mol. The highest BCUT2D eigenvalue weighted by molar-refractivity contribution is 5.79. The average molecular weight is 257 g/mol. The third-order valence-corrected chi connectivity index (χ3v) is 3.18. The number of carbonyl (C=O) groups is 2. The fraction of sp³-hybridized carbons (Fsp3) is 0.833. The summed E-state index contributed by atoms with van der Waals surface area (Å²) in [4.78, 5) is 22.6. The van der Waals surface area contributed by atoms with Gasteiger partial charge in [0, 0.05) is 6.04 Å². The first-order valence-corrected chi connectivity index (χ1v) is 6.39. The van der Waals surface area contributed by atoms with Crippen LogP contribution in [0.5, 0.6) is 0 Å². The summed E-state index contributed by atoms with van der Waals surface area (Å²) in [6.45, 7) is 0. The van der Waals surface area contributed by atoms with Gasteiger partial charge in [-0.3, -0.25) is 9.59 Å². The van der Waals surface area contributed by atoms with Gasteiger partial charge in [-0.1, -0.05) is 0 Å². The molecule has 2 unspecified atom stereocenters. The van der Waals surface area contributed by atoms with Crippen molar-refractivity contribution in [3.63, 3.8) is 0 Å². The number of nitrogens with two attached hydrogens (primary N) is 1. The minimum atomic E-state index is -0.359. The molecule has 0 bridgehead atoms. The van der Waals surface area contributed by atoms with Gasteiger partial charge in [-0.2, -0.15) is 0 Å². The molecule has 0 saturated heterocycles. The Kier molecular flexibility index (Phi) is 6.07. The maximum atomic E-state index is 11.6. The number of hydrogen-bond acceptors (Lipinski definition) is 5. The molecule has 18 heavy (non-hydrogen) atoms. The summed E-state index contributed by atoms with van der Waals surface area (Å²) in [5.41, 5.74) is 5.23. The van der Waals surface area contributed by atoms with E-state index in [-0.39, 0.29) is 24.0 Å². The molecule has 0 aliphatic heterocycles. The monoisotopic (exact) mass is 257 g/mol. The normalized spacial score (nSPS) is 18.1. The molecule has 0 spiro atoms. The van der Waals surface area contributed by atoms with Crippen LogP contribution in [0.3, 0.4) is 0 Å². The Labute approximate surface area is 108 Å². The number of rotatable bonds is 9. The lowest BCUT2D eigenvalue weighted by molar-refractivity contribution is -0.143. The van der Waals surface area contributed by atoms with E-state index in [1.54, 1.807) is 7.05 Å². The van der Waals surface area contributed by atoms with Crippen molar-refractivity contribution >= 4 is 11.9 Å². The van der Waals surface area contributed by atoms with Gasteiger partial charge in [0.1, 0.15) is 6.04 Å². The second-order valence-electron chi connectivity index (χ2n) is 4.69. The summed E-state index contributed by atoms with van der Waals surface area (Å²) in [5, 5.41) is 6.11. The zero-order valence-corrected chi connectivity index (χ0v) is 11.1. The molecule has 1 aliphatic carbocycles. The summed E-state index contributed by atoms with van der Waals surface area (Å²) < 4.78 is 4.76. The average Bonchev–Trinajstić information content (AvgIpc) is 3.15. The van der Waals surface area contributed by atoms with E-state index in [1.165, 1.54) is 7.11 Å². The van der Waals surface area contributed by atoms with Crippen LogP contribution in [-0.2, 0) is 14.3 Å². The van der Waals surface area contributed by atoms with Crippen molar-refractivity contribution < 1.29 is 14.3 Å². The molecular formula is C12H23N3O3. The second-order valence-corrected chi connectivity index (χ2v) is 4.69. The third kappa shape index (κ3) is 5.01. The summed E-state index contributed by atoms with van der Waals surface area (Å²) in [7, 11) is 3.10. The molecule has 0 aromatic heterocycles. The number of likely N-dealkylation sites (N-methyl/N-ethyl adjacent to an activating group) is 1. The Bertz CT molecular complexity index is 292. The first-order valence-electron chi connectivity index (χ1n) is 6.39. The van der Waals surface area contributed by atoms with Crippen LogP contribution in [0.1, 0.15) is 32.1 Å². The molecule has 1 rings (SSSR count). The highest BCUT2D eigenvalue weighted by atomic mass is 16.5. The van der Waals surface area contributed by atoms with Crippen molar-refractivity contribution in [2.24, 2.45) is 5.73 Å². The molecule has 6 nitrogen and oxygen atoms in total. The van der Waals surface area contributed by atoms with E-state index >= 15 is 0 Å². The van der Waals surface area contributed by atoms with Crippen LogP contribution in [-0.4, -0.2) is 44.2 Å². The van der Waals surface area contributed by atoms with E-state index in [2.05, 4.69) is 10.6 Å². The summed E-state index contributed by atoms with van der Waals surface area (Å²) in [5.74, 6) is -0.593. The van der Waals surface area contributed by atoms with E-state index < -0.39 is 0 Å². The quantitative estimate of drug-likeness (QED) is 0.485. The number of esters is 1. The highest BCUT2D eigenvalue weighted by Gasteiger charge is 2.28. The molecule has 6 heteroatoms. The van der Waals surface area contributed by atoms with Gasteiger partial charge in [0.2, 0.25) is 5.91 Å². The van der Waals surface area contributed by atoms with Crippen LogP contribution in [0.15, 0.2) is 0 Å². The first-order chi connectivity index (χ1) is 8.58. The molecule has 0 aromatic rings. The SMILES string of the molecule is CNC(CCCC(NC1CC1)C(=O)OC)C(N)=O. The second kappa shape index (κ2) is 7.33. The van der Waals surface area contributed by atoms with Crippen molar-refractivity contribution in [2.45, 2.75) is 50.2 Å². The van der Waals surface area contributed by atoms with Crippen molar-refractivity contribution in [1.82, 2.24) is 10.6 Å². The maximum absolute atomic E-state index is 11.6. The number of carbonyl (C=O) groups excluding carboxylic acids is 2. The Morgan fingerprint density at radius 1 is 1.33 bits per heavy atom. The zero-order valence-electron chi connectivity index (χ0n) is 11.1. The molecule has 1 amide bonds. The minimum absolute atomic E-state index is 0.234. The third-order valence-electron chi connectivity index (χ3n) is 3.18. The number of primary amides is 1. The standard InChI is InChI=1S/C12H23N3O3/c1-14-9(11(13)16)4-3-5-10(12(17)18-2)15-8-6-7-8/h8-10,14-15H,3-7H2,1-2H3,(H2,13,16). The summed E-state index contributed by atoms with van der Waals surface area (Å²) >= 11 is 0. The number of amides is 1. The molecule has 2 atom stereocenters. The van der Waals surface area contributed by atoms with Gasteiger partial charge < -0.3 is 21.1 Å². The summed E-state index contributed by atoms with van der Waals surface area (Å²) in [6, 6.07) is -0.151. The van der Waals surface area contributed by atoms with Gasteiger partial charge in [-0.25, -0.2) is 0 Å². The van der Waals surface area contributed by atoms with Gasteiger partial charge in [0.05, 0.1) is 13.2 Å². The van der Waals surface area contributed by atoms with Crippen LogP contribution < -0.4 is 16.4 Å². The molecule has 1 aliphatic rings. The lowest BCUT2D eigenvalue weighted by atomic mass is 10.0. The van der Waals surface area contributed by atoms with Gasteiger partial charge in [0.15, 0.2) is 0 Å². The largest absolute Gasteiger partial charge is 0.468 e. The summed E-state index contributed by atoms with van der Waals surface area (Å²) in [6.07, 6.45) is 4.27. The Hall–Kier alpha value is -1.14. The van der Waals surface area contributed by atoms with Crippen LogP contribution in [0.25, 0.3) is 0 Å². The molecule has 4 N–H and O–H groups in total. The zero-order chi connectivity index (χ0) is 13.5. The smallest absolute Gasteiger partial charge is 0.322 e. The van der Waals surface area contributed by atoms with Gasteiger partial charge >= 0.3 is 5.97 Å². The number of nitrogens with one attached hydrogen (secondary N) is 2. The Morgan fingerprint density at radius 2 is 1.94 bits per heavy atom. The van der Waals surface area contributed by atoms with Crippen LogP contribution in [0.4, 0.5) is 0 Å². The molecule has 1 saturated carbocycles. The van der Waals surface area contributed by atoms with Crippen LogP contribution >= 0.6 is 0 Å². The van der Waals surface area contributed by atoms with E-state index in [0.717, 1.165) is 19.3 Å². The van der Waals surface area contributed by atoms with E-state index in [0.29, 0.717) is 18.9 Å². The lowest BCUT2D eigenvalue weighted by Crippen LogP contribution is -2.41. The lowest BCUT2D eigenvalue weighted by Gasteiger charge is -2.17. The van der Waals surface area contributed by atoms with Crippen molar-refractivity contribution in [3.8, 4) is 0 Å². The molecule has 1 fully saturated rings. The number of ether oxygens (including phenoxy) is 1. The Balaban J connectivity index is 2.31. The van der Waals surface area contributed by atoms with Crippen molar-refractivity contribution in [2.75, 3.05) is 14.2 Å². The van der Waals surface area contributed by atoms with E-state index in [1.807, 2.05) is 0 Å². The molecule has 104 valence electrons. The van der Waals surface area contributed by atoms with Gasteiger partial charge in [0.25, 0.3) is 0 Å². The molecule has 0 aromatic carbocycles. The van der Waals surface area contributed by atoms with Gasteiger partial charge in [-0.05, 0) is 39.2 Å². The van der Waals surface area contributed by atoms with Crippen molar-refractivity contribution in [1.29, 1.82) is 0 Å². The van der Waals surface area contributed by atoms with E-state index in [4.69, 9.17) is 10.5 Å². The highest BCUT2D eigenvalue weighted by Crippen LogP contribution is 2.20. The van der Waals surface area contributed by atoms with E-state index in [9.17, 15) is 9.59 Å². The van der Waals surface area contributed by atoms with Crippen molar-refractivity contribution in [3.05, 3.63) is 0 Å². The topological polar surface area (TPSA) is 93.4 Å². The van der Waals surface area contributed by atoms with Crippen LogP contribution in [0.2, 0.25) is 0 Å². The fourth-order valence-corrected chi connectivity index (χ4v) is 1.90. The number of methoxy groups -OCH3 is 1. The van der Waals surface area contributed by atoms with Gasteiger partial charge in [-0.15, -0.1) is 0 Å². The first kappa shape index (κ1) is 14.9. The maximum Gasteiger partial charge on any atom is 0.322 e. The predicted octanol–water partition coefficient (Wildman–Crippen LogP) is -0.476. The Morgan fingerprint density at radius 3 is 2.39 bits per heavy atom. The van der Waals surface area contributed by atoms with Crippen LogP contribution in [0, 0.1) is 0 Å². The number of hydrogen-bond donors (Lipinski definition) is 3. The fourth-order valence-electron chi connectivity index (χ4n) is 1.90. The predicted molar refractivity (Wildman–Crippen MR) is 67.9 cm³/mol. The molecule has 0 heterocycles. The minimum Gasteiger partial charge on any atom is -0.468 e. The molecule has 0 radical (unpaired) electrons.